The van der Waals surface area contributed by atoms with Gasteiger partial charge in [0.05, 0.1) is 29.4 Å². The fourth-order valence-electron chi connectivity index (χ4n) is 7.55. The molecule has 0 radical (unpaired) electrons. The van der Waals surface area contributed by atoms with E-state index in [1.807, 2.05) is 56.3 Å². The molecule has 0 fully saturated rings. The van der Waals surface area contributed by atoms with Crippen molar-refractivity contribution in [3.63, 3.8) is 0 Å². The van der Waals surface area contributed by atoms with Gasteiger partial charge in [0.1, 0.15) is 34.5 Å². The second kappa shape index (κ2) is 29.0. The van der Waals surface area contributed by atoms with Crippen LogP contribution in [-0.4, -0.2) is 25.0 Å². The van der Waals surface area contributed by atoms with E-state index in [2.05, 4.69) is 32.4 Å². The lowest BCUT2D eigenvalue weighted by Gasteiger charge is -2.13. The summed E-state index contributed by atoms with van der Waals surface area (Å²) in [7, 11) is 1.40. The second-order valence-corrected chi connectivity index (χ2v) is 16.7. The Morgan fingerprint density at radius 2 is 0.781 bits per heavy atom. The number of esters is 3. The molecule has 6 aromatic rings. The lowest BCUT2D eigenvalue weighted by Crippen LogP contribution is -2.13. The van der Waals surface area contributed by atoms with Gasteiger partial charge in [-0.25, -0.2) is 27.6 Å². The lowest BCUT2D eigenvalue weighted by atomic mass is 9.93. The van der Waals surface area contributed by atoms with Gasteiger partial charge in [0.2, 0.25) is 0 Å². The van der Waals surface area contributed by atoms with Crippen LogP contribution in [-0.2, 0) is 17.1 Å². The van der Waals surface area contributed by atoms with Crippen molar-refractivity contribution in [1.29, 1.82) is 0 Å². The minimum absolute atomic E-state index is 0.0806. The summed E-state index contributed by atoms with van der Waals surface area (Å²) in [6.07, 6.45) is -3.41. The van der Waals surface area contributed by atoms with Crippen molar-refractivity contribution in [3.05, 3.63) is 201 Å². The SMILES string of the molecule is CCC(CC)c1ccc(C(=O)OC)cc1.CCC(CC)c1ccc(C(=O)Oc2cc(F)c(C(F)(F)F)c(F)c2)cc1.CCC(CC)c1ccc(C(=O)Oc2ccc(C(F)(F)F)cc2)cc1.Cc1ccccc1F. The number of hydrogen-bond donors (Lipinski definition) is 0. The monoisotopic (exact) mass is 1020 g/mol. The predicted molar refractivity (Wildman–Crippen MR) is 264 cm³/mol. The van der Waals surface area contributed by atoms with Crippen molar-refractivity contribution in [3.8, 4) is 11.5 Å². The Hall–Kier alpha value is -6.90. The Labute approximate surface area is 421 Å². The highest BCUT2D eigenvalue weighted by molar-refractivity contribution is 5.92. The molecule has 0 bridgehead atoms. The van der Waals surface area contributed by atoms with Crippen molar-refractivity contribution < 1.29 is 68.1 Å². The van der Waals surface area contributed by atoms with Crippen molar-refractivity contribution in [2.75, 3.05) is 7.11 Å². The van der Waals surface area contributed by atoms with E-state index in [1.54, 1.807) is 43.3 Å². The first kappa shape index (κ1) is 60.4. The standard InChI is InChI=1S/C19H17F5O2.C19H19F3O2.C13H18O2.C7H7F/c1-3-11(4-2)12-5-7-13(8-6-12)18(25)26-14-9-15(20)17(16(21)10-14)19(22,23)24;1-3-13(4-2)14-5-7-15(8-6-14)18(23)24-17-11-9-16(10-12-17)19(20,21)22;1-4-10(5-2)11-6-8-12(9-7-11)13(14)15-3;1-6-4-2-3-5-7(6)8/h5-11H,3-4H2,1-2H3;5-13H,3-4H2,1-2H3;6-10H,4-5H2,1-3H3;2-5H,1H3. The summed E-state index contributed by atoms with van der Waals surface area (Å²) >= 11 is 0. The average Bonchev–Trinajstić information content (AvgIpc) is 3.36. The number of alkyl halides is 6. The fourth-order valence-corrected chi connectivity index (χ4v) is 7.55. The number of methoxy groups -OCH3 is 1. The Morgan fingerprint density at radius 1 is 0.438 bits per heavy atom. The molecule has 0 aromatic heterocycles. The summed E-state index contributed by atoms with van der Waals surface area (Å²) in [5, 5.41) is 0. The Morgan fingerprint density at radius 3 is 1.07 bits per heavy atom. The summed E-state index contributed by atoms with van der Waals surface area (Å²) in [6.45, 7) is 14.4. The van der Waals surface area contributed by atoms with E-state index >= 15 is 0 Å². The second-order valence-electron chi connectivity index (χ2n) is 16.7. The minimum Gasteiger partial charge on any atom is -0.465 e. The quantitative estimate of drug-likeness (QED) is 0.0614. The molecule has 0 saturated heterocycles. The third-order valence-corrected chi connectivity index (χ3v) is 12.0. The van der Waals surface area contributed by atoms with Crippen molar-refractivity contribution in [2.45, 2.75) is 117 Å². The Balaban J connectivity index is 0.000000275. The molecule has 73 heavy (non-hydrogen) atoms. The number of ether oxygens (including phenoxy) is 3. The van der Waals surface area contributed by atoms with E-state index in [9.17, 15) is 53.9 Å². The molecule has 0 amide bonds. The molecule has 0 aliphatic heterocycles. The number of carbonyl (C=O) groups is 3. The summed E-state index contributed by atoms with van der Waals surface area (Å²) in [6, 6.07) is 32.8. The molecule has 0 N–H and O–H groups in total. The molecule has 6 nitrogen and oxygen atoms in total. The van der Waals surface area contributed by atoms with Crippen LogP contribution in [0.2, 0.25) is 0 Å². The predicted octanol–water partition coefficient (Wildman–Crippen LogP) is 17.4. The summed E-state index contributed by atoms with van der Waals surface area (Å²) in [4.78, 5) is 35.3. The molecular formula is C58H61F9O6. The zero-order chi connectivity index (χ0) is 54.5. The van der Waals surface area contributed by atoms with Crippen LogP contribution in [0.3, 0.4) is 0 Å². The zero-order valence-electron chi connectivity index (χ0n) is 42.0. The molecule has 392 valence electrons. The van der Waals surface area contributed by atoms with Crippen LogP contribution in [0, 0.1) is 24.4 Å². The van der Waals surface area contributed by atoms with Crippen LogP contribution in [0.25, 0.3) is 0 Å². The van der Waals surface area contributed by atoms with E-state index in [0.29, 0.717) is 46.6 Å². The third-order valence-electron chi connectivity index (χ3n) is 12.0. The van der Waals surface area contributed by atoms with Crippen LogP contribution in [0.1, 0.15) is 162 Å². The van der Waals surface area contributed by atoms with Crippen molar-refractivity contribution in [1.82, 2.24) is 0 Å². The van der Waals surface area contributed by atoms with Crippen LogP contribution in [0.15, 0.2) is 133 Å². The van der Waals surface area contributed by atoms with Crippen LogP contribution in [0.4, 0.5) is 39.5 Å². The van der Waals surface area contributed by atoms with Gasteiger partial charge < -0.3 is 14.2 Å². The largest absolute Gasteiger partial charge is 0.465 e. The van der Waals surface area contributed by atoms with Gasteiger partial charge in [0.25, 0.3) is 0 Å². The normalized spacial score (nSPS) is 11.1. The first-order valence-electron chi connectivity index (χ1n) is 23.8. The average molecular weight is 1030 g/mol. The van der Waals surface area contributed by atoms with E-state index in [1.165, 1.54) is 30.9 Å². The molecule has 15 heteroatoms. The molecule has 0 aliphatic rings. The van der Waals surface area contributed by atoms with E-state index in [-0.39, 0.29) is 23.1 Å². The maximum Gasteiger partial charge on any atom is 0.422 e. The number of hydrogen-bond acceptors (Lipinski definition) is 6. The molecule has 0 heterocycles. The lowest BCUT2D eigenvalue weighted by molar-refractivity contribution is -0.142. The summed E-state index contributed by atoms with van der Waals surface area (Å²) in [5.41, 5.74) is 2.50. The smallest absolute Gasteiger partial charge is 0.422 e. The van der Waals surface area contributed by atoms with Gasteiger partial charge in [-0.15, -0.1) is 0 Å². The van der Waals surface area contributed by atoms with E-state index < -0.39 is 52.8 Å². The third kappa shape index (κ3) is 18.6. The van der Waals surface area contributed by atoms with Gasteiger partial charge in [-0.05, 0) is 152 Å². The zero-order valence-corrected chi connectivity index (χ0v) is 42.0. The Bertz CT molecular complexity index is 2590. The van der Waals surface area contributed by atoms with Gasteiger partial charge >= 0.3 is 30.3 Å². The summed E-state index contributed by atoms with van der Waals surface area (Å²) in [5.74, 6) is -4.77. The van der Waals surface area contributed by atoms with Crippen molar-refractivity contribution in [2.24, 2.45) is 0 Å². The van der Waals surface area contributed by atoms with Gasteiger partial charge in [0.15, 0.2) is 0 Å². The molecule has 0 saturated carbocycles. The molecule has 0 atom stereocenters. The number of aryl methyl sites for hydroxylation is 1. The van der Waals surface area contributed by atoms with Gasteiger partial charge in [0, 0.05) is 12.1 Å². The topological polar surface area (TPSA) is 78.9 Å². The molecule has 0 aliphatic carbocycles. The van der Waals surface area contributed by atoms with Gasteiger partial charge in [-0.3, -0.25) is 0 Å². The van der Waals surface area contributed by atoms with Gasteiger partial charge in [-0.2, -0.15) is 26.3 Å². The van der Waals surface area contributed by atoms with Crippen LogP contribution < -0.4 is 9.47 Å². The fraction of sp³-hybridized carbons (Fsp3) is 0.328. The highest BCUT2D eigenvalue weighted by atomic mass is 19.4. The van der Waals surface area contributed by atoms with Crippen molar-refractivity contribution >= 4 is 17.9 Å². The molecular weight excluding hydrogens is 964 g/mol. The molecule has 6 rings (SSSR count). The highest BCUT2D eigenvalue weighted by Crippen LogP contribution is 2.36. The molecule has 0 unspecified atom stereocenters. The minimum atomic E-state index is -5.18. The maximum absolute atomic E-state index is 13.5. The number of benzene rings is 6. The Kier molecular flexibility index (Phi) is 24.0. The number of carbonyl (C=O) groups excluding carboxylic acids is 3. The van der Waals surface area contributed by atoms with E-state index in [0.717, 1.165) is 73.9 Å². The number of rotatable bonds is 14. The maximum atomic E-state index is 13.5. The van der Waals surface area contributed by atoms with Gasteiger partial charge in [-0.1, -0.05) is 96.1 Å². The highest BCUT2D eigenvalue weighted by Gasteiger charge is 2.38. The summed E-state index contributed by atoms with van der Waals surface area (Å²) < 4.78 is 129. The van der Waals surface area contributed by atoms with E-state index in [4.69, 9.17) is 9.47 Å². The molecule has 6 aromatic carbocycles. The molecule has 0 spiro atoms. The van der Waals surface area contributed by atoms with Crippen LogP contribution >= 0.6 is 0 Å². The first-order chi connectivity index (χ1) is 34.5. The van der Waals surface area contributed by atoms with Crippen LogP contribution in [0.5, 0.6) is 11.5 Å². The number of halogens is 9. The first-order valence-corrected chi connectivity index (χ1v) is 23.8.